The highest BCUT2D eigenvalue weighted by Crippen LogP contribution is 2.25. The molecule has 140 valence electrons. The van der Waals surface area contributed by atoms with Crippen molar-refractivity contribution in [3.63, 3.8) is 0 Å². The lowest BCUT2D eigenvalue weighted by Gasteiger charge is -2.36. The minimum absolute atomic E-state index is 0.0455. The molecule has 0 aromatic carbocycles. The maximum absolute atomic E-state index is 12.9. The van der Waals surface area contributed by atoms with Gasteiger partial charge in [-0.15, -0.1) is 0 Å². The van der Waals surface area contributed by atoms with Crippen molar-refractivity contribution in [2.24, 2.45) is 11.3 Å². The maximum Gasteiger partial charge on any atom is 0.227 e. The summed E-state index contributed by atoms with van der Waals surface area (Å²) in [5.41, 5.74) is -0.374. The Morgan fingerprint density at radius 2 is 2.00 bits per heavy atom. The van der Waals surface area contributed by atoms with E-state index in [-0.39, 0.29) is 23.1 Å². The number of carbonyl (C=O) groups is 2. The van der Waals surface area contributed by atoms with Gasteiger partial charge in [-0.2, -0.15) is 0 Å². The van der Waals surface area contributed by atoms with E-state index in [9.17, 15) is 9.59 Å². The van der Waals surface area contributed by atoms with Crippen LogP contribution in [0.15, 0.2) is 22.8 Å². The molecule has 1 fully saturated rings. The van der Waals surface area contributed by atoms with Crippen LogP contribution in [0, 0.1) is 11.3 Å². The fraction of sp³-hybridized carbons (Fsp3) is 0.684. The number of likely N-dealkylation sites (tertiary alicyclic amines) is 1. The standard InChI is InChI=1S/C19H30N2O4/c1-19(2,3)18(23)20-9-7-15(8-10-20)17(22)21(11-13-24-4)14-16-6-5-12-25-16/h5-6,12,15H,7-11,13-14H2,1-4H3. The summed E-state index contributed by atoms with van der Waals surface area (Å²) in [4.78, 5) is 29.0. The summed E-state index contributed by atoms with van der Waals surface area (Å²) >= 11 is 0. The number of rotatable bonds is 6. The predicted octanol–water partition coefficient (Wildman–Crippen LogP) is 2.54. The zero-order valence-corrected chi connectivity index (χ0v) is 15.8. The topological polar surface area (TPSA) is 63.0 Å². The maximum atomic E-state index is 12.9. The third-order valence-corrected chi connectivity index (χ3v) is 4.58. The van der Waals surface area contributed by atoms with Gasteiger partial charge in [-0.25, -0.2) is 0 Å². The van der Waals surface area contributed by atoms with E-state index >= 15 is 0 Å². The SMILES string of the molecule is COCCN(Cc1ccco1)C(=O)C1CCN(C(=O)C(C)(C)C)CC1. The van der Waals surface area contributed by atoms with Gasteiger partial charge in [0.1, 0.15) is 5.76 Å². The Labute approximate surface area is 150 Å². The van der Waals surface area contributed by atoms with Gasteiger partial charge in [0.15, 0.2) is 0 Å². The van der Waals surface area contributed by atoms with Crippen molar-refractivity contribution < 1.29 is 18.7 Å². The van der Waals surface area contributed by atoms with Crippen molar-refractivity contribution in [2.75, 3.05) is 33.4 Å². The fourth-order valence-corrected chi connectivity index (χ4v) is 3.12. The molecule has 1 saturated heterocycles. The summed E-state index contributed by atoms with van der Waals surface area (Å²) in [6, 6.07) is 3.70. The van der Waals surface area contributed by atoms with Gasteiger partial charge >= 0.3 is 0 Å². The molecule has 2 rings (SSSR count). The highest BCUT2D eigenvalue weighted by atomic mass is 16.5. The highest BCUT2D eigenvalue weighted by Gasteiger charge is 2.33. The van der Waals surface area contributed by atoms with Gasteiger partial charge in [-0.05, 0) is 25.0 Å². The number of hydrogen-bond donors (Lipinski definition) is 0. The van der Waals surface area contributed by atoms with E-state index in [0.29, 0.717) is 45.6 Å². The third-order valence-electron chi connectivity index (χ3n) is 4.58. The molecule has 0 N–H and O–H groups in total. The lowest BCUT2D eigenvalue weighted by Crippen LogP contribution is -2.47. The molecule has 1 aromatic heterocycles. The number of hydrogen-bond acceptors (Lipinski definition) is 4. The smallest absolute Gasteiger partial charge is 0.227 e. The lowest BCUT2D eigenvalue weighted by atomic mass is 9.90. The van der Waals surface area contributed by atoms with Crippen LogP contribution >= 0.6 is 0 Å². The number of amides is 2. The van der Waals surface area contributed by atoms with E-state index < -0.39 is 0 Å². The first kappa shape index (κ1) is 19.5. The summed E-state index contributed by atoms with van der Waals surface area (Å²) in [6.45, 7) is 8.57. The number of methoxy groups -OCH3 is 1. The minimum atomic E-state index is -0.374. The number of piperidine rings is 1. The van der Waals surface area contributed by atoms with E-state index in [1.54, 1.807) is 18.3 Å². The van der Waals surface area contributed by atoms with Gasteiger partial charge in [0.05, 0.1) is 19.4 Å². The van der Waals surface area contributed by atoms with E-state index in [1.165, 1.54) is 0 Å². The van der Waals surface area contributed by atoms with Crippen molar-refractivity contribution in [3.05, 3.63) is 24.2 Å². The Morgan fingerprint density at radius 3 is 2.52 bits per heavy atom. The Bertz CT molecular complexity index is 554. The van der Waals surface area contributed by atoms with Crippen LogP contribution in [0.2, 0.25) is 0 Å². The molecule has 0 atom stereocenters. The first-order valence-corrected chi connectivity index (χ1v) is 8.92. The molecule has 6 heteroatoms. The predicted molar refractivity (Wildman–Crippen MR) is 94.8 cm³/mol. The van der Waals surface area contributed by atoms with Crippen molar-refractivity contribution in [2.45, 2.75) is 40.2 Å². The number of furan rings is 1. The van der Waals surface area contributed by atoms with E-state index in [2.05, 4.69) is 0 Å². The molecular weight excluding hydrogens is 320 g/mol. The molecule has 0 spiro atoms. The molecule has 0 bridgehead atoms. The molecule has 1 aliphatic heterocycles. The molecule has 1 aromatic rings. The van der Waals surface area contributed by atoms with Crippen LogP contribution in [-0.4, -0.2) is 55.0 Å². The van der Waals surface area contributed by atoms with Crippen LogP contribution in [0.25, 0.3) is 0 Å². The Hall–Kier alpha value is -1.82. The molecule has 1 aliphatic rings. The quantitative estimate of drug-likeness (QED) is 0.791. The summed E-state index contributed by atoms with van der Waals surface area (Å²) in [6.07, 6.45) is 3.04. The van der Waals surface area contributed by atoms with Crippen molar-refractivity contribution in [1.29, 1.82) is 0 Å². The van der Waals surface area contributed by atoms with Crippen molar-refractivity contribution in [3.8, 4) is 0 Å². The zero-order valence-electron chi connectivity index (χ0n) is 15.8. The Balaban J connectivity index is 1.94. The second-order valence-corrected chi connectivity index (χ2v) is 7.65. The highest BCUT2D eigenvalue weighted by molar-refractivity contribution is 5.82. The van der Waals surface area contributed by atoms with Gasteiger partial charge < -0.3 is 19.0 Å². The molecule has 0 saturated carbocycles. The van der Waals surface area contributed by atoms with Crippen LogP contribution in [0.3, 0.4) is 0 Å². The molecule has 0 unspecified atom stereocenters. The van der Waals surface area contributed by atoms with Gasteiger partial charge in [-0.1, -0.05) is 20.8 Å². The average molecular weight is 350 g/mol. The molecular formula is C19H30N2O4. The van der Waals surface area contributed by atoms with Crippen LogP contribution < -0.4 is 0 Å². The molecule has 2 amide bonds. The second-order valence-electron chi connectivity index (χ2n) is 7.65. The largest absolute Gasteiger partial charge is 0.467 e. The first-order valence-electron chi connectivity index (χ1n) is 8.92. The number of nitrogens with zero attached hydrogens (tertiary/aromatic N) is 2. The Kier molecular flexibility index (Phi) is 6.64. The number of ether oxygens (including phenoxy) is 1. The normalized spacial score (nSPS) is 16.1. The van der Waals surface area contributed by atoms with E-state index in [0.717, 1.165) is 5.76 Å². The van der Waals surface area contributed by atoms with Crippen LogP contribution in [0.4, 0.5) is 0 Å². The molecule has 0 aliphatic carbocycles. The summed E-state index contributed by atoms with van der Waals surface area (Å²) in [5.74, 6) is 1.00. The van der Waals surface area contributed by atoms with Gasteiger partial charge in [0.2, 0.25) is 11.8 Å². The Morgan fingerprint density at radius 1 is 1.32 bits per heavy atom. The van der Waals surface area contributed by atoms with Crippen molar-refractivity contribution >= 4 is 11.8 Å². The molecule has 0 radical (unpaired) electrons. The van der Waals surface area contributed by atoms with Gasteiger partial charge in [0, 0.05) is 38.1 Å². The summed E-state index contributed by atoms with van der Waals surface area (Å²) in [5, 5.41) is 0. The number of carbonyl (C=O) groups excluding carboxylic acids is 2. The fourth-order valence-electron chi connectivity index (χ4n) is 3.12. The minimum Gasteiger partial charge on any atom is -0.467 e. The van der Waals surface area contributed by atoms with E-state index in [4.69, 9.17) is 9.15 Å². The van der Waals surface area contributed by atoms with Crippen LogP contribution in [0.5, 0.6) is 0 Å². The molecule has 25 heavy (non-hydrogen) atoms. The zero-order chi connectivity index (χ0) is 18.4. The third kappa shape index (κ3) is 5.33. The average Bonchev–Trinajstić information content (AvgIpc) is 3.09. The monoisotopic (exact) mass is 350 g/mol. The van der Waals surface area contributed by atoms with Crippen LogP contribution in [0.1, 0.15) is 39.4 Å². The van der Waals surface area contributed by atoms with Crippen molar-refractivity contribution in [1.82, 2.24) is 9.80 Å². The lowest BCUT2D eigenvalue weighted by molar-refractivity contribution is -0.145. The summed E-state index contributed by atoms with van der Waals surface area (Å²) in [7, 11) is 1.63. The van der Waals surface area contributed by atoms with E-state index in [1.807, 2.05) is 37.8 Å². The van der Waals surface area contributed by atoms with Crippen LogP contribution in [-0.2, 0) is 20.9 Å². The summed E-state index contributed by atoms with van der Waals surface area (Å²) < 4.78 is 10.5. The second kappa shape index (κ2) is 8.52. The van der Waals surface area contributed by atoms with Gasteiger partial charge in [0.25, 0.3) is 0 Å². The molecule has 2 heterocycles. The first-order chi connectivity index (χ1) is 11.8. The molecule has 6 nitrogen and oxygen atoms in total. The van der Waals surface area contributed by atoms with Gasteiger partial charge in [-0.3, -0.25) is 9.59 Å².